The molecule has 3 rings (SSSR count). The predicted molar refractivity (Wildman–Crippen MR) is 99.7 cm³/mol. The van der Waals surface area contributed by atoms with E-state index in [-0.39, 0.29) is 11.7 Å². The van der Waals surface area contributed by atoms with Gasteiger partial charge in [0.15, 0.2) is 15.6 Å². The van der Waals surface area contributed by atoms with Crippen LogP contribution in [0, 0.1) is 6.92 Å². The summed E-state index contributed by atoms with van der Waals surface area (Å²) in [6.07, 6.45) is 0.913. The molecule has 0 bridgehead atoms. The topological polar surface area (TPSA) is 98.7 Å². The normalized spacial score (nSPS) is 11.0. The molecule has 1 N–H and O–H groups in total. The highest BCUT2D eigenvalue weighted by Gasteiger charge is 2.18. The van der Waals surface area contributed by atoms with E-state index in [4.69, 9.17) is 4.42 Å². The second kappa shape index (κ2) is 8.11. The molecule has 3 aromatic rings. The van der Waals surface area contributed by atoms with Crippen molar-refractivity contribution in [1.29, 1.82) is 0 Å². The largest absolute Gasteiger partial charge is 0.446 e. The highest BCUT2D eigenvalue weighted by molar-refractivity contribution is 9.10. The number of amides is 1. The summed E-state index contributed by atoms with van der Waals surface area (Å²) in [6, 6.07) is 3.64. The van der Waals surface area contributed by atoms with Crippen molar-refractivity contribution in [1.82, 2.24) is 25.0 Å². The number of furan rings is 1. The van der Waals surface area contributed by atoms with Crippen molar-refractivity contribution in [2.24, 2.45) is 0 Å². The fourth-order valence-electron chi connectivity index (χ4n) is 2.07. The Morgan fingerprint density at radius 1 is 1.36 bits per heavy atom. The number of aromatic nitrogens is 5. The van der Waals surface area contributed by atoms with Crippen LogP contribution in [0.15, 0.2) is 26.4 Å². The maximum atomic E-state index is 12.1. The zero-order valence-corrected chi connectivity index (χ0v) is 16.7. The molecule has 0 aliphatic rings. The van der Waals surface area contributed by atoms with Crippen LogP contribution in [0.3, 0.4) is 0 Å². The van der Waals surface area contributed by atoms with E-state index in [2.05, 4.69) is 48.6 Å². The number of halogens is 1. The monoisotopic (exact) mass is 442 g/mol. The fourth-order valence-corrected chi connectivity index (χ4v) is 3.75. The summed E-state index contributed by atoms with van der Waals surface area (Å²) in [5.41, 5.74) is 0. The molecule has 1 amide bonds. The van der Waals surface area contributed by atoms with Crippen LogP contribution in [0.1, 0.15) is 18.4 Å². The molecular formula is C14H15BrN6O2S2. The Morgan fingerprint density at radius 2 is 2.20 bits per heavy atom. The fraction of sp³-hybridized carbons (Fsp3) is 0.357. The van der Waals surface area contributed by atoms with Gasteiger partial charge in [-0.3, -0.25) is 14.7 Å². The lowest BCUT2D eigenvalue weighted by Gasteiger charge is -2.07. The van der Waals surface area contributed by atoms with E-state index in [9.17, 15) is 4.79 Å². The van der Waals surface area contributed by atoms with Gasteiger partial charge in [0, 0.05) is 6.54 Å². The third-order valence-electron chi connectivity index (χ3n) is 3.06. The summed E-state index contributed by atoms with van der Waals surface area (Å²) in [5, 5.41) is 20.9. The first kappa shape index (κ1) is 18.1. The van der Waals surface area contributed by atoms with Crippen LogP contribution in [0.25, 0.3) is 11.6 Å². The lowest BCUT2D eigenvalue weighted by molar-refractivity contribution is -0.113. The van der Waals surface area contributed by atoms with E-state index < -0.39 is 0 Å². The Hall–Kier alpha value is -1.72. The number of hydrogen-bond acceptors (Lipinski definition) is 8. The number of thioether (sulfide) groups is 1. The van der Waals surface area contributed by atoms with E-state index >= 15 is 0 Å². The van der Waals surface area contributed by atoms with Crippen LogP contribution in [0.5, 0.6) is 0 Å². The van der Waals surface area contributed by atoms with Crippen molar-refractivity contribution in [3.8, 4) is 11.6 Å². The number of nitrogens with one attached hydrogen (secondary N) is 1. The Bertz CT molecular complexity index is 874. The minimum absolute atomic E-state index is 0.158. The maximum absolute atomic E-state index is 12.1. The van der Waals surface area contributed by atoms with Crippen molar-refractivity contribution < 1.29 is 9.21 Å². The molecule has 3 aromatic heterocycles. The molecule has 3 heterocycles. The second-order valence-electron chi connectivity index (χ2n) is 5.02. The van der Waals surface area contributed by atoms with Crippen LogP contribution in [0.4, 0.5) is 5.13 Å². The van der Waals surface area contributed by atoms with Gasteiger partial charge in [0.1, 0.15) is 5.01 Å². The molecule has 0 atom stereocenters. The van der Waals surface area contributed by atoms with Gasteiger partial charge in [-0.25, -0.2) is 0 Å². The summed E-state index contributed by atoms with van der Waals surface area (Å²) in [5.74, 6) is 1.33. The molecule has 0 unspecified atom stereocenters. The smallest absolute Gasteiger partial charge is 0.236 e. The van der Waals surface area contributed by atoms with Gasteiger partial charge in [-0.15, -0.1) is 20.4 Å². The quantitative estimate of drug-likeness (QED) is 0.557. The van der Waals surface area contributed by atoms with Crippen LogP contribution >= 0.6 is 39.0 Å². The highest BCUT2D eigenvalue weighted by Crippen LogP contribution is 2.27. The number of anilines is 1. The third kappa shape index (κ3) is 4.47. The predicted octanol–water partition coefficient (Wildman–Crippen LogP) is 3.60. The number of rotatable bonds is 7. The first-order valence-electron chi connectivity index (χ1n) is 7.48. The van der Waals surface area contributed by atoms with Gasteiger partial charge in [-0.2, -0.15) is 0 Å². The Kier molecular flexibility index (Phi) is 5.86. The van der Waals surface area contributed by atoms with E-state index in [0.29, 0.717) is 26.5 Å². The third-order valence-corrected chi connectivity index (χ3v) is 5.21. The Morgan fingerprint density at radius 3 is 2.84 bits per heavy atom. The van der Waals surface area contributed by atoms with E-state index in [1.165, 1.54) is 23.1 Å². The maximum Gasteiger partial charge on any atom is 0.236 e. The lowest BCUT2D eigenvalue weighted by atomic mass is 10.4. The lowest BCUT2D eigenvalue weighted by Crippen LogP contribution is -2.14. The number of hydrogen-bond donors (Lipinski definition) is 1. The van der Waals surface area contributed by atoms with Gasteiger partial charge < -0.3 is 4.42 Å². The average molecular weight is 443 g/mol. The highest BCUT2D eigenvalue weighted by atomic mass is 79.9. The number of aryl methyl sites for hydroxylation is 1. The van der Waals surface area contributed by atoms with Crippen LogP contribution < -0.4 is 5.32 Å². The van der Waals surface area contributed by atoms with Crippen molar-refractivity contribution in [2.75, 3.05) is 11.1 Å². The SMILES string of the molecule is CCCn1c(SCC(=O)Nc2nnc(C)s2)nnc1-c1ccc(Br)o1. The molecule has 0 spiro atoms. The minimum atomic E-state index is -0.158. The zero-order valence-electron chi connectivity index (χ0n) is 13.5. The van der Waals surface area contributed by atoms with Gasteiger partial charge in [-0.1, -0.05) is 30.0 Å². The van der Waals surface area contributed by atoms with Crippen molar-refractivity contribution >= 4 is 50.1 Å². The van der Waals surface area contributed by atoms with Gasteiger partial charge >= 0.3 is 0 Å². The summed E-state index contributed by atoms with van der Waals surface area (Å²) < 4.78 is 8.16. The number of carbonyl (C=O) groups is 1. The average Bonchev–Trinajstić information content (AvgIpc) is 3.27. The van der Waals surface area contributed by atoms with Gasteiger partial charge in [0.2, 0.25) is 16.9 Å². The minimum Gasteiger partial charge on any atom is -0.446 e. The zero-order chi connectivity index (χ0) is 17.8. The van der Waals surface area contributed by atoms with Crippen LogP contribution in [-0.2, 0) is 11.3 Å². The molecule has 0 radical (unpaired) electrons. The number of carbonyl (C=O) groups excluding carboxylic acids is 1. The van der Waals surface area contributed by atoms with Gasteiger partial charge in [0.05, 0.1) is 5.75 Å². The summed E-state index contributed by atoms with van der Waals surface area (Å²) in [7, 11) is 0. The second-order valence-corrected chi connectivity index (χ2v) is 7.93. The molecule has 0 fully saturated rings. The van der Waals surface area contributed by atoms with Crippen molar-refractivity contribution in [3.05, 3.63) is 21.8 Å². The Labute approximate surface area is 160 Å². The molecule has 0 saturated carbocycles. The van der Waals surface area contributed by atoms with E-state index in [1.807, 2.05) is 23.6 Å². The standard InChI is InChI=1S/C14H15BrN6O2S2/c1-3-6-21-12(9-4-5-10(15)23-9)18-20-14(21)24-7-11(22)16-13-19-17-8(2)25-13/h4-5H,3,6-7H2,1-2H3,(H,16,19,22). The number of nitrogens with zero attached hydrogens (tertiary/aromatic N) is 5. The van der Waals surface area contributed by atoms with Crippen LogP contribution in [-0.4, -0.2) is 36.6 Å². The molecule has 132 valence electrons. The summed E-state index contributed by atoms with van der Waals surface area (Å²) in [4.78, 5) is 12.1. The van der Waals surface area contributed by atoms with Crippen molar-refractivity contribution in [3.63, 3.8) is 0 Å². The van der Waals surface area contributed by atoms with Gasteiger partial charge in [0.25, 0.3) is 0 Å². The molecule has 0 saturated heterocycles. The molecule has 0 aliphatic heterocycles. The molecule has 11 heteroatoms. The first-order chi connectivity index (χ1) is 12.1. The molecule has 8 nitrogen and oxygen atoms in total. The van der Waals surface area contributed by atoms with Gasteiger partial charge in [-0.05, 0) is 41.4 Å². The summed E-state index contributed by atoms with van der Waals surface area (Å²) in [6.45, 7) is 4.64. The Balaban J connectivity index is 1.69. The van der Waals surface area contributed by atoms with E-state index in [1.54, 1.807) is 0 Å². The molecule has 25 heavy (non-hydrogen) atoms. The van der Waals surface area contributed by atoms with Crippen molar-refractivity contribution in [2.45, 2.75) is 32.0 Å². The molecule has 0 aromatic carbocycles. The molecule has 0 aliphatic carbocycles. The molecular weight excluding hydrogens is 428 g/mol. The first-order valence-corrected chi connectivity index (χ1v) is 10.1. The van der Waals surface area contributed by atoms with E-state index in [0.717, 1.165) is 18.0 Å². The van der Waals surface area contributed by atoms with Crippen LogP contribution in [0.2, 0.25) is 0 Å². The summed E-state index contributed by atoms with van der Waals surface area (Å²) >= 11 is 5.95.